The first kappa shape index (κ1) is 16.3. The summed E-state index contributed by atoms with van der Waals surface area (Å²) in [6.07, 6.45) is 4.09. The molecule has 120 valence electrons. The van der Waals surface area contributed by atoms with Crippen molar-refractivity contribution in [3.05, 3.63) is 29.8 Å². The van der Waals surface area contributed by atoms with Crippen LogP contribution in [-0.2, 0) is 4.74 Å². The van der Waals surface area contributed by atoms with Gasteiger partial charge in [-0.15, -0.1) is 0 Å². The number of hydrogen-bond donors (Lipinski definition) is 2. The van der Waals surface area contributed by atoms with Gasteiger partial charge in [-0.25, -0.2) is 4.79 Å². The molecule has 0 unspecified atom stereocenters. The largest absolute Gasteiger partial charge is 0.450 e. The lowest BCUT2D eigenvalue weighted by Crippen LogP contribution is -2.41. The van der Waals surface area contributed by atoms with E-state index >= 15 is 0 Å². The molecule has 1 fully saturated rings. The number of nitrogens with one attached hydrogen (secondary N) is 2. The molecule has 1 aromatic carbocycles. The average Bonchev–Trinajstić information content (AvgIpc) is 2.50. The number of ether oxygens (including phenoxy) is 1. The predicted octanol–water partition coefficient (Wildman–Crippen LogP) is 3.56. The molecule has 1 aliphatic rings. The van der Waals surface area contributed by atoms with Crippen molar-refractivity contribution in [3.63, 3.8) is 0 Å². The molecule has 0 bridgehead atoms. The highest BCUT2D eigenvalue weighted by atomic mass is 16.5. The molecule has 0 saturated heterocycles. The van der Waals surface area contributed by atoms with E-state index in [-0.39, 0.29) is 11.9 Å². The van der Waals surface area contributed by atoms with E-state index in [1.165, 1.54) is 12.8 Å². The summed E-state index contributed by atoms with van der Waals surface area (Å²) in [5.74, 6) is 0.421. The predicted molar refractivity (Wildman–Crippen MR) is 86.0 cm³/mol. The molecule has 2 N–H and O–H groups in total. The maximum Gasteiger partial charge on any atom is 0.411 e. The number of carbonyl (C=O) groups excluding carboxylic acids is 2. The van der Waals surface area contributed by atoms with Gasteiger partial charge in [0, 0.05) is 17.3 Å². The molecule has 2 rings (SSSR count). The summed E-state index contributed by atoms with van der Waals surface area (Å²) in [6.45, 7) is 4.24. The molecular weight excluding hydrogens is 280 g/mol. The van der Waals surface area contributed by atoms with Crippen molar-refractivity contribution in [2.24, 2.45) is 5.92 Å². The Kier molecular flexibility index (Phi) is 5.81. The van der Waals surface area contributed by atoms with Gasteiger partial charge in [-0.2, -0.15) is 0 Å². The Morgan fingerprint density at radius 1 is 1.27 bits per heavy atom. The number of amides is 2. The molecule has 5 heteroatoms. The highest BCUT2D eigenvalue weighted by molar-refractivity contribution is 5.96. The summed E-state index contributed by atoms with van der Waals surface area (Å²) >= 11 is 0. The molecule has 22 heavy (non-hydrogen) atoms. The van der Waals surface area contributed by atoms with Crippen LogP contribution in [0.15, 0.2) is 24.3 Å². The third-order valence-corrected chi connectivity index (χ3v) is 4.07. The van der Waals surface area contributed by atoms with Gasteiger partial charge in [0.25, 0.3) is 5.91 Å². The number of rotatable bonds is 4. The van der Waals surface area contributed by atoms with Crippen LogP contribution in [-0.4, -0.2) is 24.6 Å². The quantitative estimate of drug-likeness (QED) is 0.893. The summed E-state index contributed by atoms with van der Waals surface area (Å²) in [5, 5.41) is 5.72. The van der Waals surface area contributed by atoms with Gasteiger partial charge in [-0.1, -0.05) is 25.8 Å². The van der Waals surface area contributed by atoms with Gasteiger partial charge in [-0.05, 0) is 43.9 Å². The van der Waals surface area contributed by atoms with E-state index in [0.717, 1.165) is 12.8 Å². The van der Waals surface area contributed by atoms with Crippen molar-refractivity contribution in [3.8, 4) is 0 Å². The van der Waals surface area contributed by atoms with Gasteiger partial charge in [-0.3, -0.25) is 10.1 Å². The Bertz CT molecular complexity index is 530. The molecular formula is C17H24N2O3. The smallest absolute Gasteiger partial charge is 0.411 e. The number of hydrogen-bond acceptors (Lipinski definition) is 3. The lowest BCUT2D eigenvalue weighted by molar-refractivity contribution is 0.0910. The van der Waals surface area contributed by atoms with E-state index in [1.807, 2.05) is 0 Å². The van der Waals surface area contributed by atoms with Gasteiger partial charge in [0.1, 0.15) is 0 Å². The fourth-order valence-electron chi connectivity index (χ4n) is 2.81. The van der Waals surface area contributed by atoms with Crippen LogP contribution in [0.4, 0.5) is 10.5 Å². The third-order valence-electron chi connectivity index (χ3n) is 4.07. The molecule has 0 radical (unpaired) electrons. The molecule has 2 amide bonds. The van der Waals surface area contributed by atoms with Crippen LogP contribution in [0.2, 0.25) is 0 Å². The van der Waals surface area contributed by atoms with Gasteiger partial charge in [0.2, 0.25) is 0 Å². The minimum Gasteiger partial charge on any atom is -0.450 e. The summed E-state index contributed by atoms with van der Waals surface area (Å²) in [6, 6.07) is 7.14. The molecule has 0 aliphatic heterocycles. The minimum atomic E-state index is -0.513. The summed E-state index contributed by atoms with van der Waals surface area (Å²) < 4.78 is 4.83. The van der Waals surface area contributed by atoms with Crippen LogP contribution in [0, 0.1) is 5.92 Å². The summed E-state index contributed by atoms with van der Waals surface area (Å²) in [4.78, 5) is 23.8. The lowest BCUT2D eigenvalue weighted by atomic mass is 9.86. The van der Waals surface area contributed by atoms with Crippen molar-refractivity contribution >= 4 is 17.7 Å². The van der Waals surface area contributed by atoms with E-state index < -0.39 is 6.09 Å². The maximum absolute atomic E-state index is 12.4. The van der Waals surface area contributed by atoms with E-state index in [1.54, 1.807) is 31.2 Å². The van der Waals surface area contributed by atoms with Crippen LogP contribution >= 0.6 is 0 Å². The highest BCUT2D eigenvalue weighted by Gasteiger charge is 2.23. The normalized spacial score (nSPS) is 21.0. The second kappa shape index (κ2) is 7.82. The molecule has 1 aromatic rings. The van der Waals surface area contributed by atoms with E-state index in [0.29, 0.717) is 23.8 Å². The minimum absolute atomic E-state index is 0.0914. The lowest BCUT2D eigenvalue weighted by Gasteiger charge is -2.29. The average molecular weight is 304 g/mol. The Hall–Kier alpha value is -2.04. The number of carbonyl (C=O) groups is 2. The molecule has 1 saturated carbocycles. The zero-order valence-electron chi connectivity index (χ0n) is 13.2. The van der Waals surface area contributed by atoms with E-state index in [2.05, 4.69) is 17.6 Å². The van der Waals surface area contributed by atoms with Crippen LogP contribution in [0.5, 0.6) is 0 Å². The first-order chi connectivity index (χ1) is 10.6. The Morgan fingerprint density at radius 3 is 2.77 bits per heavy atom. The topological polar surface area (TPSA) is 67.4 Å². The third kappa shape index (κ3) is 4.48. The highest BCUT2D eigenvalue weighted by Crippen LogP contribution is 2.24. The molecule has 5 nitrogen and oxygen atoms in total. The first-order valence-corrected chi connectivity index (χ1v) is 7.95. The van der Waals surface area contributed by atoms with Gasteiger partial charge >= 0.3 is 6.09 Å². The zero-order valence-corrected chi connectivity index (χ0v) is 13.2. The van der Waals surface area contributed by atoms with Crippen LogP contribution in [0.1, 0.15) is 49.9 Å². The Balaban J connectivity index is 1.99. The number of benzene rings is 1. The molecule has 0 aromatic heterocycles. The van der Waals surface area contributed by atoms with Gasteiger partial charge in [0.05, 0.1) is 6.61 Å². The van der Waals surface area contributed by atoms with E-state index in [4.69, 9.17) is 4.74 Å². The van der Waals surface area contributed by atoms with E-state index in [9.17, 15) is 9.59 Å². The fourth-order valence-corrected chi connectivity index (χ4v) is 2.81. The first-order valence-electron chi connectivity index (χ1n) is 7.95. The van der Waals surface area contributed by atoms with Gasteiger partial charge < -0.3 is 10.1 Å². The Morgan fingerprint density at radius 2 is 2.05 bits per heavy atom. The summed E-state index contributed by atoms with van der Waals surface area (Å²) in [7, 11) is 0. The monoisotopic (exact) mass is 304 g/mol. The number of anilines is 1. The van der Waals surface area contributed by atoms with Crippen LogP contribution in [0.3, 0.4) is 0 Å². The van der Waals surface area contributed by atoms with Crippen LogP contribution in [0.25, 0.3) is 0 Å². The molecule has 0 spiro atoms. The van der Waals surface area contributed by atoms with Crippen LogP contribution < -0.4 is 10.6 Å². The van der Waals surface area contributed by atoms with Crippen molar-refractivity contribution < 1.29 is 14.3 Å². The standard InChI is InChI=1S/C17H24N2O3/c1-3-22-17(21)18-14-9-6-8-13(11-14)16(20)19-15-10-5-4-7-12(15)2/h6,8-9,11-12,15H,3-5,7,10H2,1-2H3,(H,18,21)(H,19,20)/t12-,15+/m0/s1. The second-order valence-electron chi connectivity index (χ2n) is 5.77. The molecule has 1 aliphatic carbocycles. The zero-order chi connectivity index (χ0) is 15.9. The maximum atomic E-state index is 12.4. The van der Waals surface area contributed by atoms with Crippen molar-refractivity contribution in [2.75, 3.05) is 11.9 Å². The SMILES string of the molecule is CCOC(=O)Nc1cccc(C(=O)N[C@@H]2CCCC[C@@H]2C)c1. The second-order valence-corrected chi connectivity index (χ2v) is 5.77. The molecule has 2 atom stereocenters. The Labute approximate surface area is 131 Å². The fraction of sp³-hybridized carbons (Fsp3) is 0.529. The van der Waals surface area contributed by atoms with Gasteiger partial charge in [0.15, 0.2) is 0 Å². The summed E-state index contributed by atoms with van der Waals surface area (Å²) in [5.41, 5.74) is 1.11. The molecule has 0 heterocycles. The van der Waals surface area contributed by atoms with Crippen molar-refractivity contribution in [2.45, 2.75) is 45.6 Å². The van der Waals surface area contributed by atoms with Crippen molar-refractivity contribution in [1.82, 2.24) is 5.32 Å². The van der Waals surface area contributed by atoms with Crippen molar-refractivity contribution in [1.29, 1.82) is 0 Å².